The Labute approximate surface area is 374 Å². The van der Waals surface area contributed by atoms with Gasteiger partial charge in [-0.2, -0.15) is 0 Å². The number of aromatic nitrogens is 1. The quantitative estimate of drug-likeness (QED) is 0.106. The maximum atomic E-state index is 13.3. The fraction of sp³-hybridized carbons (Fsp3) is 0.362. The van der Waals surface area contributed by atoms with Crippen molar-refractivity contribution < 1.29 is 53.2 Å². The van der Waals surface area contributed by atoms with Crippen molar-refractivity contribution in [3.8, 4) is 0 Å². The number of hydrogen-bond donors (Lipinski definition) is 4. The summed E-state index contributed by atoms with van der Waals surface area (Å²) >= 11 is 6.17. The topological polar surface area (TPSA) is 222 Å². The van der Waals surface area contributed by atoms with Crippen LogP contribution in [-0.4, -0.2) is 111 Å². The van der Waals surface area contributed by atoms with Gasteiger partial charge in [-0.3, -0.25) is 19.3 Å². The molecule has 336 valence electrons. The summed E-state index contributed by atoms with van der Waals surface area (Å²) in [4.78, 5) is 94.2. The van der Waals surface area contributed by atoms with Gasteiger partial charge >= 0.3 is 23.9 Å². The zero-order valence-corrected chi connectivity index (χ0v) is 36.2. The normalized spacial score (nSPS) is 17.3. The van der Waals surface area contributed by atoms with Crippen LogP contribution >= 0.6 is 11.6 Å². The van der Waals surface area contributed by atoms with Crippen LogP contribution in [-0.2, 0) is 35.2 Å². The van der Waals surface area contributed by atoms with E-state index in [4.69, 9.17) is 21.1 Å². The smallest absolute Gasteiger partial charge is 0.349 e. The highest BCUT2D eigenvalue weighted by Gasteiger charge is 2.42. The van der Waals surface area contributed by atoms with E-state index >= 15 is 0 Å². The molecule has 7 rings (SSSR count). The molecule has 3 aromatic carbocycles. The van der Waals surface area contributed by atoms with E-state index in [1.54, 1.807) is 36.1 Å². The molecular formula is C47H50ClN5O11. The van der Waals surface area contributed by atoms with Gasteiger partial charge in [-0.25, -0.2) is 24.2 Å². The third-order valence-electron chi connectivity index (χ3n) is 11.1. The number of carbonyl (C=O) groups excluding carboxylic acids is 5. The Morgan fingerprint density at radius 1 is 0.766 bits per heavy atom. The van der Waals surface area contributed by atoms with Crippen molar-refractivity contribution in [2.75, 3.05) is 25.0 Å². The van der Waals surface area contributed by atoms with Gasteiger partial charge in [-0.1, -0.05) is 60.1 Å². The molecule has 2 unspecified atom stereocenters. The predicted octanol–water partition coefficient (Wildman–Crippen LogP) is 5.69. The number of nitrogens with one attached hydrogen (secondary N) is 2. The van der Waals surface area contributed by atoms with Crippen molar-refractivity contribution in [2.45, 2.75) is 83.2 Å². The summed E-state index contributed by atoms with van der Waals surface area (Å²) in [5.74, 6) is -5.06. The lowest BCUT2D eigenvalue weighted by molar-refractivity contribution is -0.166. The molecule has 64 heavy (non-hydrogen) atoms. The number of likely N-dealkylation sites (tertiary alicyclic amines) is 2. The number of aryl methyl sites for hydroxylation is 2. The van der Waals surface area contributed by atoms with Crippen LogP contribution in [0.5, 0.6) is 0 Å². The Bertz CT molecular complexity index is 2280. The van der Waals surface area contributed by atoms with Gasteiger partial charge < -0.3 is 35.2 Å². The number of carboxylic acid groups (broad SMARTS) is 2. The van der Waals surface area contributed by atoms with Gasteiger partial charge in [0.2, 0.25) is 24.0 Å². The lowest BCUT2D eigenvalue weighted by Crippen LogP contribution is -2.51. The first-order chi connectivity index (χ1) is 30.7. The molecule has 0 bridgehead atoms. The molecule has 16 nitrogen and oxygen atoms in total. The van der Waals surface area contributed by atoms with Crippen molar-refractivity contribution in [2.24, 2.45) is 5.92 Å². The first-order valence-corrected chi connectivity index (χ1v) is 21.4. The molecule has 4 aromatic rings. The van der Waals surface area contributed by atoms with E-state index in [0.717, 1.165) is 55.9 Å². The molecule has 1 aliphatic carbocycles. The van der Waals surface area contributed by atoms with Gasteiger partial charge in [0.05, 0.1) is 11.1 Å². The van der Waals surface area contributed by atoms with Gasteiger partial charge in [0.1, 0.15) is 11.9 Å². The number of piperidine rings is 1. The summed E-state index contributed by atoms with van der Waals surface area (Å²) in [6, 6.07) is 23.8. The van der Waals surface area contributed by atoms with Crippen molar-refractivity contribution in [3.05, 3.63) is 130 Å². The highest BCUT2D eigenvalue weighted by molar-refractivity contribution is 6.31. The van der Waals surface area contributed by atoms with Crippen LogP contribution in [0.3, 0.4) is 0 Å². The van der Waals surface area contributed by atoms with E-state index in [0.29, 0.717) is 42.4 Å². The Morgan fingerprint density at radius 3 is 1.88 bits per heavy atom. The van der Waals surface area contributed by atoms with Gasteiger partial charge in [-0.05, 0) is 105 Å². The first kappa shape index (κ1) is 46.8. The van der Waals surface area contributed by atoms with Crippen molar-refractivity contribution >= 4 is 59.0 Å². The molecule has 3 atom stereocenters. The molecule has 0 spiro atoms. The number of aliphatic carboxylic acids is 2. The van der Waals surface area contributed by atoms with E-state index in [2.05, 4.69) is 32.7 Å². The molecule has 1 aromatic heterocycles. The van der Waals surface area contributed by atoms with Crippen LogP contribution in [0.25, 0.3) is 0 Å². The summed E-state index contributed by atoms with van der Waals surface area (Å²) in [7, 11) is 0. The SMILES string of the molecule is Cc1cc(C(=O)NCC2CC2)cc(NC(=O)[C@H]2CCC(=O)N2C2CCN(Cc3ccc(Cl)c(C)c3)CC2)n1.O=C(OC(C(=O)O)C(OC(=O)c1ccccc1)C(=O)O)c1ccccc1. The highest BCUT2D eigenvalue weighted by Crippen LogP contribution is 2.30. The molecular weight excluding hydrogens is 846 g/mol. The van der Waals surface area contributed by atoms with Crippen LogP contribution in [0.1, 0.15) is 86.4 Å². The summed E-state index contributed by atoms with van der Waals surface area (Å²) in [5.41, 5.74) is 3.49. The van der Waals surface area contributed by atoms with Crippen molar-refractivity contribution in [3.63, 3.8) is 0 Å². The van der Waals surface area contributed by atoms with Gasteiger partial charge in [-0.15, -0.1) is 0 Å². The lowest BCUT2D eigenvalue weighted by atomic mass is 10.0. The average Bonchev–Trinajstić information content (AvgIpc) is 4.04. The first-order valence-electron chi connectivity index (χ1n) is 21.0. The third-order valence-corrected chi connectivity index (χ3v) is 11.5. The van der Waals surface area contributed by atoms with E-state index in [9.17, 15) is 43.8 Å². The number of hydrogen-bond acceptors (Lipinski definition) is 11. The fourth-order valence-corrected chi connectivity index (χ4v) is 7.69. The molecule has 3 amide bonds. The molecule has 4 N–H and O–H groups in total. The Kier molecular flexibility index (Phi) is 15.8. The fourth-order valence-electron chi connectivity index (χ4n) is 7.57. The van der Waals surface area contributed by atoms with Crippen LogP contribution in [0, 0.1) is 19.8 Å². The zero-order chi connectivity index (χ0) is 45.9. The summed E-state index contributed by atoms with van der Waals surface area (Å²) < 4.78 is 9.52. The number of nitrogens with zero attached hydrogens (tertiary/aromatic N) is 3. The van der Waals surface area contributed by atoms with Crippen LogP contribution in [0.2, 0.25) is 5.02 Å². The molecule has 0 radical (unpaired) electrons. The van der Waals surface area contributed by atoms with Gasteiger partial charge in [0.15, 0.2) is 0 Å². The number of carboxylic acids is 2. The lowest BCUT2D eigenvalue weighted by Gasteiger charge is -2.39. The number of rotatable bonds is 15. The number of ether oxygens (including phenoxy) is 2. The summed E-state index contributed by atoms with van der Waals surface area (Å²) in [6.45, 7) is 7.07. The third kappa shape index (κ3) is 12.7. The van der Waals surface area contributed by atoms with E-state index in [1.165, 1.54) is 54.1 Å². The number of pyridine rings is 1. The second-order valence-corrected chi connectivity index (χ2v) is 16.4. The summed E-state index contributed by atoms with van der Waals surface area (Å²) in [6.07, 6.45) is 0.421. The molecule has 3 fully saturated rings. The van der Waals surface area contributed by atoms with Crippen molar-refractivity contribution in [1.29, 1.82) is 0 Å². The number of amides is 3. The van der Waals surface area contributed by atoms with Crippen LogP contribution in [0.15, 0.2) is 91.0 Å². The van der Waals surface area contributed by atoms with E-state index in [1.807, 2.05) is 13.0 Å². The van der Waals surface area contributed by atoms with Gasteiger partial charge in [0.25, 0.3) is 5.91 Å². The highest BCUT2D eigenvalue weighted by atomic mass is 35.5. The number of benzene rings is 3. The number of halogens is 1. The second-order valence-electron chi connectivity index (χ2n) is 16.0. The standard InChI is InChI=1S/C29H36ClN5O3.C18H14O8/c1-18-13-21(5-6-24(18)30)17-34-11-9-23(10-12-34)35-25(7-8-27(35)36)29(38)33-26-15-22(14-19(2)32-26)28(37)31-16-20-3-4-20;19-15(20)13(25-17(23)11-7-3-1-4-8-11)14(16(21)22)26-18(24)12-9-5-2-6-10-12/h5-6,13-15,20,23,25H,3-4,7-12,16-17H2,1-2H3,(H,31,37)(H,32,33,38);1-10,13-14H,(H,19,20)(H,21,22)/t25-;/m1./s1. The molecule has 3 aliphatic rings. The second kappa shape index (κ2) is 21.6. The van der Waals surface area contributed by atoms with E-state index < -0.39 is 42.1 Å². The minimum atomic E-state index is -2.21. The van der Waals surface area contributed by atoms with Crippen LogP contribution < -0.4 is 10.6 Å². The average molecular weight is 896 g/mol. The minimum Gasteiger partial charge on any atom is -0.478 e. The van der Waals surface area contributed by atoms with Gasteiger partial charge in [0, 0.05) is 54.9 Å². The summed E-state index contributed by atoms with van der Waals surface area (Å²) in [5, 5.41) is 25.1. The number of carbonyl (C=O) groups is 7. The van der Waals surface area contributed by atoms with Crippen LogP contribution in [0.4, 0.5) is 5.82 Å². The monoisotopic (exact) mass is 895 g/mol. The van der Waals surface area contributed by atoms with E-state index in [-0.39, 0.29) is 34.9 Å². The molecule has 3 heterocycles. The molecule has 1 saturated carbocycles. The Balaban J connectivity index is 0.000000229. The molecule has 17 heteroatoms. The predicted molar refractivity (Wildman–Crippen MR) is 234 cm³/mol. The molecule has 2 saturated heterocycles. The van der Waals surface area contributed by atoms with Crippen molar-refractivity contribution in [1.82, 2.24) is 20.1 Å². The maximum Gasteiger partial charge on any atom is 0.349 e. The Hall–Kier alpha value is -6.65. The number of anilines is 1. The maximum absolute atomic E-state index is 13.3. The number of esters is 2. The zero-order valence-electron chi connectivity index (χ0n) is 35.4. The Morgan fingerprint density at radius 2 is 1.34 bits per heavy atom. The minimum absolute atomic E-state index is 0.0253. The molecule has 2 aliphatic heterocycles. The largest absolute Gasteiger partial charge is 0.478 e.